The Morgan fingerprint density at radius 3 is 2.79 bits per heavy atom. The third-order valence-corrected chi connectivity index (χ3v) is 5.19. The molecule has 96 valence electrons. The quantitative estimate of drug-likeness (QED) is 0.609. The summed E-state index contributed by atoms with van der Waals surface area (Å²) in [5.74, 6) is -0.425. The van der Waals surface area contributed by atoms with Crippen molar-refractivity contribution in [3.05, 3.63) is 57.0 Å². The fraction of sp³-hybridized carbons (Fsp3) is 0.0714. The van der Waals surface area contributed by atoms with Crippen LogP contribution in [0.25, 0.3) is 9.40 Å². The highest BCUT2D eigenvalue weighted by molar-refractivity contribution is 7.27. The van der Waals surface area contributed by atoms with E-state index in [4.69, 9.17) is 11.6 Å². The summed E-state index contributed by atoms with van der Waals surface area (Å²) in [5, 5.41) is 2.06. The summed E-state index contributed by atoms with van der Waals surface area (Å²) in [6.45, 7) is 0. The largest absolute Gasteiger partial charge is 0.293 e. The van der Waals surface area contributed by atoms with Gasteiger partial charge in [0.2, 0.25) is 0 Å². The number of ketones is 1. The molecule has 0 amide bonds. The summed E-state index contributed by atoms with van der Waals surface area (Å²) in [5.41, 5.74) is 0.730. The maximum atomic E-state index is 13.0. The Balaban J connectivity index is 1.84. The van der Waals surface area contributed by atoms with Crippen molar-refractivity contribution in [2.24, 2.45) is 0 Å². The summed E-state index contributed by atoms with van der Waals surface area (Å²) >= 11 is 8.82. The first-order chi connectivity index (χ1) is 9.13. The Morgan fingerprint density at radius 2 is 2.05 bits per heavy atom. The Morgan fingerprint density at radius 1 is 1.21 bits per heavy atom. The predicted molar refractivity (Wildman–Crippen MR) is 79.1 cm³/mol. The van der Waals surface area contributed by atoms with E-state index in [-0.39, 0.29) is 17.2 Å². The number of carbonyl (C=O) groups excluding carboxylic acids is 1. The molecule has 1 aromatic carbocycles. The molecular formula is C14H8ClFOS2. The third-order valence-electron chi connectivity index (χ3n) is 2.76. The molecule has 0 aliphatic rings. The van der Waals surface area contributed by atoms with Crippen molar-refractivity contribution in [3.8, 4) is 0 Å². The molecule has 0 bridgehead atoms. The molecule has 2 aromatic heterocycles. The van der Waals surface area contributed by atoms with Gasteiger partial charge in [0.15, 0.2) is 5.78 Å². The fourth-order valence-electron chi connectivity index (χ4n) is 1.83. The molecule has 2 heterocycles. The molecule has 0 saturated heterocycles. The summed E-state index contributed by atoms with van der Waals surface area (Å²) in [4.78, 5) is 12.9. The second-order valence-electron chi connectivity index (χ2n) is 4.11. The number of thiophene rings is 2. The van der Waals surface area contributed by atoms with Gasteiger partial charge < -0.3 is 0 Å². The molecule has 0 saturated carbocycles. The highest BCUT2D eigenvalue weighted by Crippen LogP contribution is 2.30. The van der Waals surface area contributed by atoms with Gasteiger partial charge in [0.1, 0.15) is 5.82 Å². The molecule has 0 aliphatic carbocycles. The number of halogens is 2. The zero-order valence-electron chi connectivity index (χ0n) is 9.65. The summed E-state index contributed by atoms with van der Waals surface area (Å²) in [7, 11) is 0. The van der Waals surface area contributed by atoms with Crippen LogP contribution >= 0.6 is 34.3 Å². The molecule has 0 atom stereocenters. The van der Waals surface area contributed by atoms with Crippen molar-refractivity contribution >= 4 is 49.5 Å². The lowest BCUT2D eigenvalue weighted by molar-refractivity contribution is 0.0997. The molecule has 5 heteroatoms. The van der Waals surface area contributed by atoms with E-state index in [1.807, 2.05) is 17.5 Å². The first-order valence-corrected chi connectivity index (χ1v) is 7.65. The number of carbonyl (C=O) groups is 1. The molecule has 0 aliphatic heterocycles. The number of fused-ring (bicyclic) bond motifs is 1. The number of benzene rings is 1. The fourth-order valence-corrected chi connectivity index (χ4v) is 4.07. The monoisotopic (exact) mass is 310 g/mol. The smallest absolute Gasteiger partial charge is 0.177 e. The average Bonchev–Trinajstić information content (AvgIpc) is 2.94. The van der Waals surface area contributed by atoms with E-state index >= 15 is 0 Å². The Labute approximate surface area is 122 Å². The molecule has 0 fully saturated rings. The maximum absolute atomic E-state index is 13.0. The van der Waals surface area contributed by atoms with Crippen molar-refractivity contribution in [3.63, 3.8) is 0 Å². The van der Waals surface area contributed by atoms with Gasteiger partial charge in [-0.05, 0) is 35.2 Å². The van der Waals surface area contributed by atoms with Crippen LogP contribution in [0.5, 0.6) is 0 Å². The van der Waals surface area contributed by atoms with Gasteiger partial charge in [-0.25, -0.2) is 4.39 Å². The molecule has 3 rings (SSSR count). The molecule has 3 aromatic rings. The Kier molecular flexibility index (Phi) is 3.39. The van der Waals surface area contributed by atoms with Crippen molar-refractivity contribution in [1.82, 2.24) is 0 Å². The normalized spacial score (nSPS) is 11.1. The Bertz CT molecular complexity index is 731. The molecule has 0 radical (unpaired) electrons. The van der Waals surface area contributed by atoms with E-state index < -0.39 is 5.82 Å². The van der Waals surface area contributed by atoms with E-state index in [9.17, 15) is 9.18 Å². The second kappa shape index (κ2) is 5.04. The minimum Gasteiger partial charge on any atom is -0.293 e. The van der Waals surface area contributed by atoms with Crippen LogP contribution in [0.2, 0.25) is 5.02 Å². The van der Waals surface area contributed by atoms with Crippen molar-refractivity contribution in [1.29, 1.82) is 0 Å². The molecule has 0 N–H and O–H groups in total. The van der Waals surface area contributed by atoms with Crippen LogP contribution in [0, 0.1) is 5.82 Å². The molecule has 0 spiro atoms. The number of hydrogen-bond donors (Lipinski definition) is 0. The topological polar surface area (TPSA) is 17.1 Å². The highest BCUT2D eigenvalue weighted by atomic mass is 35.5. The Hall–Kier alpha value is -1.23. The van der Waals surface area contributed by atoms with Gasteiger partial charge in [-0.3, -0.25) is 4.79 Å². The minimum absolute atomic E-state index is 0.0380. The van der Waals surface area contributed by atoms with E-state index in [1.165, 1.54) is 23.5 Å². The lowest BCUT2D eigenvalue weighted by Crippen LogP contribution is -2.01. The third kappa shape index (κ3) is 2.56. The minimum atomic E-state index is -0.463. The van der Waals surface area contributed by atoms with Crippen LogP contribution in [-0.2, 0) is 6.42 Å². The summed E-state index contributed by atoms with van der Waals surface area (Å²) < 4.78 is 15.3. The SMILES string of the molecule is O=C(Cc1ccc(F)c(Cl)c1)c1cc2sccc2s1. The molecular weight excluding hydrogens is 303 g/mol. The summed E-state index contributed by atoms with van der Waals surface area (Å²) in [6.07, 6.45) is 0.244. The van der Waals surface area contributed by atoms with Crippen LogP contribution in [0.4, 0.5) is 4.39 Å². The zero-order valence-corrected chi connectivity index (χ0v) is 12.0. The number of rotatable bonds is 3. The number of Topliss-reactive ketones (excluding diaryl/α,β-unsaturated/α-hetero) is 1. The zero-order chi connectivity index (χ0) is 13.4. The van der Waals surface area contributed by atoms with Gasteiger partial charge in [0.05, 0.1) is 9.90 Å². The van der Waals surface area contributed by atoms with E-state index in [1.54, 1.807) is 17.4 Å². The van der Waals surface area contributed by atoms with E-state index in [0.717, 1.165) is 19.8 Å². The highest BCUT2D eigenvalue weighted by Gasteiger charge is 2.12. The van der Waals surface area contributed by atoms with Crippen LogP contribution < -0.4 is 0 Å². The van der Waals surface area contributed by atoms with Crippen molar-refractivity contribution in [2.45, 2.75) is 6.42 Å². The average molecular weight is 311 g/mol. The number of hydrogen-bond acceptors (Lipinski definition) is 3. The first kappa shape index (κ1) is 12.8. The van der Waals surface area contributed by atoms with Crippen LogP contribution in [0.3, 0.4) is 0 Å². The first-order valence-electron chi connectivity index (χ1n) is 5.57. The molecule has 0 unspecified atom stereocenters. The summed E-state index contributed by atoms with van der Waals surface area (Å²) in [6, 6.07) is 8.31. The van der Waals surface area contributed by atoms with Crippen molar-refractivity contribution < 1.29 is 9.18 Å². The van der Waals surface area contributed by atoms with Crippen LogP contribution in [-0.4, -0.2) is 5.78 Å². The van der Waals surface area contributed by atoms with Gasteiger partial charge in [-0.1, -0.05) is 17.7 Å². The van der Waals surface area contributed by atoms with Crippen LogP contribution in [0.15, 0.2) is 35.7 Å². The second-order valence-corrected chi connectivity index (χ2v) is 6.55. The lowest BCUT2D eigenvalue weighted by atomic mass is 10.1. The van der Waals surface area contributed by atoms with E-state index in [0.29, 0.717) is 0 Å². The van der Waals surface area contributed by atoms with Gasteiger partial charge in [-0.15, -0.1) is 22.7 Å². The predicted octanol–water partition coefficient (Wildman–Crippen LogP) is 5.18. The molecule has 1 nitrogen and oxygen atoms in total. The molecule has 19 heavy (non-hydrogen) atoms. The van der Waals surface area contributed by atoms with Crippen molar-refractivity contribution in [2.75, 3.05) is 0 Å². The van der Waals surface area contributed by atoms with Gasteiger partial charge >= 0.3 is 0 Å². The van der Waals surface area contributed by atoms with Gasteiger partial charge in [0, 0.05) is 15.8 Å². The standard InChI is InChI=1S/C14H8ClFOS2/c15-9-5-8(1-2-10(9)16)6-11(17)13-7-14-12(19-13)3-4-18-14/h1-5,7H,6H2. The van der Waals surface area contributed by atoms with Gasteiger partial charge in [-0.2, -0.15) is 0 Å². The van der Waals surface area contributed by atoms with Crippen LogP contribution in [0.1, 0.15) is 15.2 Å². The van der Waals surface area contributed by atoms with E-state index in [2.05, 4.69) is 0 Å². The maximum Gasteiger partial charge on any atom is 0.177 e. The lowest BCUT2D eigenvalue weighted by Gasteiger charge is -2.01. The van der Waals surface area contributed by atoms with Gasteiger partial charge in [0.25, 0.3) is 0 Å².